The second-order valence-corrected chi connectivity index (χ2v) is 3.30. The Morgan fingerprint density at radius 1 is 1.31 bits per heavy atom. The summed E-state index contributed by atoms with van der Waals surface area (Å²) in [6.07, 6.45) is 1.06. The van der Waals surface area contributed by atoms with Gasteiger partial charge in [0.05, 0.1) is 6.61 Å². The highest BCUT2D eigenvalue weighted by atomic mass is 16.7. The number of hydrogen-bond acceptors (Lipinski definition) is 3. The highest BCUT2D eigenvalue weighted by Gasteiger charge is 2.11. The van der Waals surface area contributed by atoms with Gasteiger partial charge in [-0.3, -0.25) is 0 Å². The van der Waals surface area contributed by atoms with E-state index in [1.807, 2.05) is 13.0 Å². The molecule has 1 radical (unpaired) electrons. The Labute approximate surface area is 96.4 Å². The molecule has 3 nitrogen and oxygen atoms in total. The number of ether oxygens (including phenoxy) is 2. The summed E-state index contributed by atoms with van der Waals surface area (Å²) in [5.41, 5.74) is 2.21. The van der Waals surface area contributed by atoms with Gasteiger partial charge in [-0.15, -0.1) is 0 Å². The van der Waals surface area contributed by atoms with Crippen LogP contribution in [0.15, 0.2) is 12.1 Å². The van der Waals surface area contributed by atoms with Crippen LogP contribution >= 0.6 is 0 Å². The van der Waals surface area contributed by atoms with Crippen molar-refractivity contribution in [1.82, 2.24) is 0 Å². The average molecular weight is 221 g/mol. The van der Waals surface area contributed by atoms with E-state index in [1.165, 1.54) is 5.56 Å². The fourth-order valence-electron chi connectivity index (χ4n) is 1.59. The van der Waals surface area contributed by atoms with Crippen LogP contribution in [0.2, 0.25) is 0 Å². The molecule has 0 saturated heterocycles. The molecule has 0 aliphatic heterocycles. The highest BCUT2D eigenvalue weighted by Crippen LogP contribution is 2.23. The third-order valence-electron chi connectivity index (χ3n) is 2.34. The van der Waals surface area contributed by atoms with Gasteiger partial charge in [0, 0.05) is 6.07 Å². The SMILES string of the molecule is CCOC(=O)Oc1[c]ccc(CC)c1CC. The molecule has 0 spiro atoms. The molecule has 0 atom stereocenters. The average Bonchev–Trinajstić information content (AvgIpc) is 2.29. The summed E-state index contributed by atoms with van der Waals surface area (Å²) >= 11 is 0. The van der Waals surface area contributed by atoms with E-state index in [0.29, 0.717) is 12.4 Å². The van der Waals surface area contributed by atoms with Crippen LogP contribution in [0, 0.1) is 6.07 Å². The van der Waals surface area contributed by atoms with E-state index in [1.54, 1.807) is 13.0 Å². The summed E-state index contributed by atoms with van der Waals surface area (Å²) in [6, 6.07) is 6.70. The lowest BCUT2D eigenvalue weighted by Crippen LogP contribution is -2.12. The van der Waals surface area contributed by atoms with Crippen LogP contribution < -0.4 is 4.74 Å². The predicted octanol–water partition coefficient (Wildman–Crippen LogP) is 3.15. The molecular formula is C13H17O3. The van der Waals surface area contributed by atoms with E-state index < -0.39 is 6.16 Å². The minimum absolute atomic E-state index is 0.313. The van der Waals surface area contributed by atoms with Gasteiger partial charge in [0.2, 0.25) is 0 Å². The van der Waals surface area contributed by atoms with E-state index in [-0.39, 0.29) is 0 Å². The molecule has 0 unspecified atom stereocenters. The molecule has 16 heavy (non-hydrogen) atoms. The van der Waals surface area contributed by atoms with Gasteiger partial charge in [-0.05, 0) is 30.9 Å². The van der Waals surface area contributed by atoms with Crippen molar-refractivity contribution in [3.63, 3.8) is 0 Å². The van der Waals surface area contributed by atoms with Crippen molar-refractivity contribution < 1.29 is 14.3 Å². The molecule has 0 bridgehead atoms. The topological polar surface area (TPSA) is 35.5 Å². The van der Waals surface area contributed by atoms with Crippen LogP contribution in [0.1, 0.15) is 31.9 Å². The molecule has 0 amide bonds. The fraction of sp³-hybridized carbons (Fsp3) is 0.462. The largest absolute Gasteiger partial charge is 0.513 e. The van der Waals surface area contributed by atoms with Gasteiger partial charge in [-0.25, -0.2) is 4.79 Å². The molecule has 0 aliphatic rings. The summed E-state index contributed by atoms with van der Waals surface area (Å²) in [5, 5.41) is 0. The van der Waals surface area contributed by atoms with Crippen LogP contribution in [0.25, 0.3) is 0 Å². The first kappa shape index (κ1) is 12.6. The minimum atomic E-state index is -0.665. The maximum absolute atomic E-state index is 11.2. The summed E-state index contributed by atoms with van der Waals surface area (Å²) in [6.45, 7) is 6.16. The minimum Gasteiger partial charge on any atom is -0.434 e. The lowest BCUT2D eigenvalue weighted by atomic mass is 10.0. The molecule has 87 valence electrons. The van der Waals surface area contributed by atoms with Crippen molar-refractivity contribution in [3.05, 3.63) is 29.3 Å². The van der Waals surface area contributed by atoms with Crippen molar-refractivity contribution in [2.45, 2.75) is 33.6 Å². The third-order valence-corrected chi connectivity index (χ3v) is 2.34. The first-order valence-electron chi connectivity index (χ1n) is 5.59. The number of rotatable bonds is 4. The number of benzene rings is 1. The van der Waals surface area contributed by atoms with Crippen LogP contribution in [0.5, 0.6) is 5.75 Å². The van der Waals surface area contributed by atoms with Crippen LogP contribution in [-0.2, 0) is 17.6 Å². The highest BCUT2D eigenvalue weighted by molar-refractivity contribution is 5.64. The van der Waals surface area contributed by atoms with Gasteiger partial charge in [0.1, 0.15) is 5.75 Å². The van der Waals surface area contributed by atoms with E-state index in [2.05, 4.69) is 13.0 Å². The maximum atomic E-state index is 11.2. The summed E-state index contributed by atoms with van der Waals surface area (Å²) in [5.74, 6) is 0.486. The Morgan fingerprint density at radius 2 is 2.06 bits per heavy atom. The molecule has 3 heteroatoms. The zero-order chi connectivity index (χ0) is 12.0. The number of hydrogen-bond donors (Lipinski definition) is 0. The van der Waals surface area contributed by atoms with Crippen molar-refractivity contribution >= 4 is 6.16 Å². The summed E-state index contributed by atoms with van der Waals surface area (Å²) < 4.78 is 9.84. The second-order valence-electron chi connectivity index (χ2n) is 3.30. The second kappa shape index (κ2) is 6.16. The van der Waals surface area contributed by atoms with Gasteiger partial charge in [-0.2, -0.15) is 0 Å². The lowest BCUT2D eigenvalue weighted by Gasteiger charge is -2.11. The number of carbonyl (C=O) groups is 1. The zero-order valence-electron chi connectivity index (χ0n) is 10.0. The smallest absolute Gasteiger partial charge is 0.434 e. The first-order chi connectivity index (χ1) is 7.72. The molecule has 0 heterocycles. The molecule has 1 aromatic rings. The summed E-state index contributed by atoms with van der Waals surface area (Å²) in [4.78, 5) is 11.2. The number of carbonyl (C=O) groups excluding carboxylic acids is 1. The van der Waals surface area contributed by atoms with Gasteiger partial charge in [-0.1, -0.05) is 26.0 Å². The molecule has 1 rings (SSSR count). The van der Waals surface area contributed by atoms with E-state index in [4.69, 9.17) is 9.47 Å². The molecule has 0 N–H and O–H groups in total. The molecule has 0 saturated carbocycles. The van der Waals surface area contributed by atoms with Crippen molar-refractivity contribution in [2.75, 3.05) is 6.61 Å². The quantitative estimate of drug-likeness (QED) is 0.578. The van der Waals surface area contributed by atoms with E-state index in [9.17, 15) is 4.79 Å². The molecule has 0 fully saturated rings. The Bertz CT molecular complexity index is 358. The van der Waals surface area contributed by atoms with Crippen LogP contribution in [-0.4, -0.2) is 12.8 Å². The fourth-order valence-corrected chi connectivity index (χ4v) is 1.59. The lowest BCUT2D eigenvalue weighted by molar-refractivity contribution is 0.104. The van der Waals surface area contributed by atoms with Crippen LogP contribution in [0.4, 0.5) is 4.79 Å². The standard InChI is InChI=1S/C13H17O3/c1-4-10-8-7-9-12(11(10)5-2)16-13(14)15-6-3/h7-8H,4-6H2,1-3H3. The Hall–Kier alpha value is -1.51. The van der Waals surface area contributed by atoms with Gasteiger partial charge < -0.3 is 9.47 Å². The van der Waals surface area contributed by atoms with Crippen molar-refractivity contribution in [1.29, 1.82) is 0 Å². The predicted molar refractivity (Wildman–Crippen MR) is 61.7 cm³/mol. The summed E-state index contributed by atoms with van der Waals surface area (Å²) in [7, 11) is 0. The van der Waals surface area contributed by atoms with Crippen molar-refractivity contribution in [3.8, 4) is 5.75 Å². The monoisotopic (exact) mass is 221 g/mol. The molecule has 0 aromatic heterocycles. The van der Waals surface area contributed by atoms with Gasteiger partial charge >= 0.3 is 6.16 Å². The Kier molecular flexibility index (Phi) is 4.83. The molecule has 1 aromatic carbocycles. The normalized spacial score (nSPS) is 9.94. The van der Waals surface area contributed by atoms with Gasteiger partial charge in [0.15, 0.2) is 0 Å². The molecular weight excluding hydrogens is 204 g/mol. The van der Waals surface area contributed by atoms with Gasteiger partial charge in [0.25, 0.3) is 0 Å². The van der Waals surface area contributed by atoms with E-state index >= 15 is 0 Å². The Morgan fingerprint density at radius 3 is 2.62 bits per heavy atom. The molecule has 0 aliphatic carbocycles. The maximum Gasteiger partial charge on any atom is 0.513 e. The number of aryl methyl sites for hydroxylation is 1. The van der Waals surface area contributed by atoms with Crippen LogP contribution in [0.3, 0.4) is 0 Å². The Balaban J connectivity index is 2.90. The third kappa shape index (κ3) is 2.99. The van der Waals surface area contributed by atoms with Crippen molar-refractivity contribution in [2.24, 2.45) is 0 Å². The van der Waals surface area contributed by atoms with E-state index in [0.717, 1.165) is 18.4 Å². The first-order valence-corrected chi connectivity index (χ1v) is 5.59. The zero-order valence-corrected chi connectivity index (χ0v) is 10.0.